The zero-order valence-electron chi connectivity index (χ0n) is 11.9. The number of hydrogen-bond acceptors (Lipinski definition) is 6. The van der Waals surface area contributed by atoms with Gasteiger partial charge in [0.25, 0.3) is 0 Å². The Morgan fingerprint density at radius 3 is 2.81 bits per heavy atom. The first-order valence-corrected chi connectivity index (χ1v) is 7.45. The van der Waals surface area contributed by atoms with E-state index in [2.05, 4.69) is 4.98 Å². The third-order valence-corrected chi connectivity index (χ3v) is 4.42. The molecule has 0 spiro atoms. The van der Waals surface area contributed by atoms with Crippen molar-refractivity contribution in [3.8, 4) is 0 Å². The zero-order chi connectivity index (χ0) is 15.4. The lowest BCUT2D eigenvalue weighted by molar-refractivity contribution is -0.383. The van der Waals surface area contributed by atoms with Gasteiger partial charge in [-0.3, -0.25) is 15.1 Å². The third kappa shape index (κ3) is 3.56. The molecule has 0 aromatic carbocycles. The van der Waals surface area contributed by atoms with Gasteiger partial charge in [-0.1, -0.05) is 6.07 Å². The Morgan fingerprint density at radius 2 is 2.29 bits per heavy atom. The van der Waals surface area contributed by atoms with Gasteiger partial charge in [0.1, 0.15) is 0 Å². The van der Waals surface area contributed by atoms with Crippen molar-refractivity contribution in [2.24, 2.45) is 0 Å². The predicted octanol–water partition coefficient (Wildman–Crippen LogP) is 3.13. The molecule has 112 valence electrons. The van der Waals surface area contributed by atoms with Gasteiger partial charge in [0.15, 0.2) is 5.00 Å². The van der Waals surface area contributed by atoms with Crippen molar-refractivity contribution in [3.05, 3.63) is 51.1 Å². The van der Waals surface area contributed by atoms with E-state index in [0.717, 1.165) is 5.69 Å². The summed E-state index contributed by atoms with van der Waals surface area (Å²) in [7, 11) is 0. The largest absolute Gasteiger partial charge is 0.388 e. The molecule has 2 rings (SSSR count). The average Bonchev–Trinajstić information content (AvgIpc) is 2.91. The predicted molar refractivity (Wildman–Crippen MR) is 82.6 cm³/mol. The molecule has 0 radical (unpaired) electrons. The van der Waals surface area contributed by atoms with Gasteiger partial charge in [-0.25, -0.2) is 0 Å². The molecule has 0 amide bonds. The number of aliphatic hydroxyl groups is 1. The van der Waals surface area contributed by atoms with Crippen molar-refractivity contribution in [1.29, 1.82) is 0 Å². The highest BCUT2D eigenvalue weighted by atomic mass is 32.1. The highest BCUT2D eigenvalue weighted by Crippen LogP contribution is 2.40. The van der Waals surface area contributed by atoms with Crippen LogP contribution in [0.3, 0.4) is 0 Å². The van der Waals surface area contributed by atoms with Crippen LogP contribution in [0.4, 0.5) is 10.7 Å². The molecule has 0 saturated heterocycles. The Bertz CT molecular complexity index is 613. The summed E-state index contributed by atoms with van der Waals surface area (Å²) >= 11 is 1.25. The van der Waals surface area contributed by atoms with E-state index in [9.17, 15) is 15.2 Å². The van der Waals surface area contributed by atoms with Gasteiger partial charge in [0.05, 0.1) is 23.3 Å². The van der Waals surface area contributed by atoms with Crippen LogP contribution in [0.5, 0.6) is 0 Å². The standard InChI is InChI=1S/C14H17N3O3S/c1-3-16(9-11-6-4-5-7-15-11)14-12(17(19)20)8-13(21-14)10(2)18/h4-8,10,18H,3,9H2,1-2H3/t10-/m0/s1. The smallest absolute Gasteiger partial charge is 0.304 e. The molecular formula is C14H17N3O3S. The van der Waals surface area contributed by atoms with E-state index >= 15 is 0 Å². The van der Waals surface area contributed by atoms with E-state index in [0.29, 0.717) is 23.0 Å². The molecule has 1 N–H and O–H groups in total. The van der Waals surface area contributed by atoms with Gasteiger partial charge in [-0.2, -0.15) is 0 Å². The van der Waals surface area contributed by atoms with E-state index in [1.807, 2.05) is 30.0 Å². The molecule has 0 aliphatic rings. The first kappa shape index (κ1) is 15.4. The van der Waals surface area contributed by atoms with Crippen molar-refractivity contribution in [1.82, 2.24) is 4.98 Å². The van der Waals surface area contributed by atoms with Crippen molar-refractivity contribution in [3.63, 3.8) is 0 Å². The lowest BCUT2D eigenvalue weighted by Gasteiger charge is -2.20. The third-order valence-electron chi connectivity index (χ3n) is 3.07. The molecule has 2 aromatic rings. The van der Waals surface area contributed by atoms with Crippen LogP contribution >= 0.6 is 11.3 Å². The number of anilines is 1. The maximum absolute atomic E-state index is 11.2. The molecule has 0 fully saturated rings. The Hall–Kier alpha value is -1.99. The van der Waals surface area contributed by atoms with Gasteiger partial charge in [-0.05, 0) is 26.0 Å². The lowest BCUT2D eigenvalue weighted by atomic mass is 10.3. The monoisotopic (exact) mass is 307 g/mol. The summed E-state index contributed by atoms with van der Waals surface area (Å²) in [5, 5.41) is 21.4. The minimum Gasteiger partial charge on any atom is -0.388 e. The molecule has 1 atom stereocenters. The molecule has 6 nitrogen and oxygen atoms in total. The van der Waals surface area contributed by atoms with Crippen LogP contribution in [0.25, 0.3) is 0 Å². The second kappa shape index (κ2) is 6.64. The van der Waals surface area contributed by atoms with Crippen LogP contribution in [0.2, 0.25) is 0 Å². The quantitative estimate of drug-likeness (QED) is 0.655. The average molecular weight is 307 g/mol. The van der Waals surface area contributed by atoms with Gasteiger partial charge < -0.3 is 10.0 Å². The van der Waals surface area contributed by atoms with Gasteiger partial charge in [0, 0.05) is 23.7 Å². The fourth-order valence-electron chi connectivity index (χ4n) is 1.97. The van der Waals surface area contributed by atoms with Crippen LogP contribution in [0, 0.1) is 10.1 Å². The summed E-state index contributed by atoms with van der Waals surface area (Å²) in [5.74, 6) is 0. The van der Waals surface area contributed by atoms with Crippen LogP contribution in [0.1, 0.15) is 30.5 Å². The molecule has 0 saturated carbocycles. The summed E-state index contributed by atoms with van der Waals surface area (Å²) in [5.41, 5.74) is 0.884. The number of hydrogen-bond donors (Lipinski definition) is 1. The number of nitrogens with zero attached hydrogens (tertiary/aromatic N) is 3. The van der Waals surface area contributed by atoms with E-state index < -0.39 is 11.0 Å². The Kier molecular flexibility index (Phi) is 4.87. The van der Waals surface area contributed by atoms with Gasteiger partial charge in [-0.15, -0.1) is 11.3 Å². The zero-order valence-corrected chi connectivity index (χ0v) is 12.7. The normalized spacial score (nSPS) is 12.1. The summed E-state index contributed by atoms with van der Waals surface area (Å²) < 4.78 is 0. The number of aliphatic hydroxyl groups excluding tert-OH is 1. The number of nitro groups is 1. The van der Waals surface area contributed by atoms with Crippen molar-refractivity contribution in [2.75, 3.05) is 11.4 Å². The Labute approximate surface area is 126 Å². The highest BCUT2D eigenvalue weighted by molar-refractivity contribution is 7.16. The Balaban J connectivity index is 2.35. The minimum absolute atomic E-state index is 0.0358. The fraction of sp³-hybridized carbons (Fsp3) is 0.357. The van der Waals surface area contributed by atoms with Crippen LogP contribution in [-0.4, -0.2) is 21.6 Å². The molecule has 0 aliphatic heterocycles. The molecule has 0 unspecified atom stereocenters. The molecule has 2 aromatic heterocycles. The lowest BCUT2D eigenvalue weighted by Crippen LogP contribution is -2.22. The molecule has 0 bridgehead atoms. The van der Waals surface area contributed by atoms with Crippen molar-refractivity contribution >= 4 is 22.0 Å². The van der Waals surface area contributed by atoms with E-state index in [1.54, 1.807) is 13.1 Å². The van der Waals surface area contributed by atoms with Gasteiger partial charge >= 0.3 is 5.69 Å². The van der Waals surface area contributed by atoms with Crippen molar-refractivity contribution < 1.29 is 10.0 Å². The molecular weight excluding hydrogens is 290 g/mol. The summed E-state index contributed by atoms with van der Waals surface area (Å²) in [6, 6.07) is 7.06. The van der Waals surface area contributed by atoms with E-state index in [4.69, 9.17) is 0 Å². The van der Waals surface area contributed by atoms with Gasteiger partial charge in [0.2, 0.25) is 0 Å². The minimum atomic E-state index is -0.712. The first-order chi connectivity index (χ1) is 10.0. The fourth-order valence-corrected chi connectivity index (χ4v) is 3.09. The summed E-state index contributed by atoms with van der Waals surface area (Å²) in [4.78, 5) is 17.6. The SMILES string of the molecule is CCN(Cc1ccccn1)c1sc([C@H](C)O)cc1[N+](=O)[O-]. The molecule has 2 heterocycles. The number of aromatic nitrogens is 1. The number of rotatable bonds is 6. The van der Waals surface area contributed by atoms with Crippen molar-refractivity contribution in [2.45, 2.75) is 26.5 Å². The maximum Gasteiger partial charge on any atom is 0.304 e. The second-order valence-corrected chi connectivity index (χ2v) is 5.67. The first-order valence-electron chi connectivity index (χ1n) is 6.64. The van der Waals surface area contributed by atoms with Crippen LogP contribution in [0.15, 0.2) is 30.5 Å². The van der Waals surface area contributed by atoms with Crippen LogP contribution in [-0.2, 0) is 6.54 Å². The van der Waals surface area contributed by atoms with E-state index in [1.165, 1.54) is 17.4 Å². The number of thiophene rings is 1. The molecule has 21 heavy (non-hydrogen) atoms. The molecule has 7 heteroatoms. The highest BCUT2D eigenvalue weighted by Gasteiger charge is 2.25. The molecule has 0 aliphatic carbocycles. The number of pyridine rings is 1. The maximum atomic E-state index is 11.2. The topological polar surface area (TPSA) is 79.5 Å². The summed E-state index contributed by atoms with van der Waals surface area (Å²) in [6.45, 7) is 4.66. The van der Waals surface area contributed by atoms with Crippen LogP contribution < -0.4 is 4.90 Å². The second-order valence-electron chi connectivity index (χ2n) is 4.61. The Morgan fingerprint density at radius 1 is 1.52 bits per heavy atom. The summed E-state index contributed by atoms with van der Waals surface area (Å²) in [6.07, 6.45) is 0.990. The van der Waals surface area contributed by atoms with E-state index in [-0.39, 0.29) is 5.69 Å².